The molecule has 0 aliphatic carbocycles. The van der Waals surface area contributed by atoms with Crippen LogP contribution in [0, 0.1) is 0 Å². The van der Waals surface area contributed by atoms with E-state index in [9.17, 15) is 0 Å². The summed E-state index contributed by atoms with van der Waals surface area (Å²) in [6, 6.07) is 9.91. The van der Waals surface area contributed by atoms with E-state index in [1.54, 1.807) is 28.4 Å². The smallest absolute Gasteiger partial charge is 0.164 e. The Morgan fingerprint density at radius 3 is 2.25 bits per heavy atom. The first-order valence-electron chi connectivity index (χ1n) is 7.92. The molecule has 0 aromatic heterocycles. The van der Waals surface area contributed by atoms with Crippen LogP contribution in [-0.2, 0) is 6.42 Å². The van der Waals surface area contributed by atoms with E-state index in [0.29, 0.717) is 0 Å². The molecule has 0 fully saturated rings. The summed E-state index contributed by atoms with van der Waals surface area (Å²) in [5, 5.41) is 3.57. The molecule has 1 aliphatic rings. The lowest BCUT2D eigenvalue weighted by molar-refractivity contribution is 0.347. The Labute approximate surface area is 142 Å². The molecule has 1 heterocycles. The van der Waals surface area contributed by atoms with Crippen molar-refractivity contribution in [1.82, 2.24) is 5.32 Å². The summed E-state index contributed by atoms with van der Waals surface area (Å²) in [4.78, 5) is 0. The average molecular weight is 329 g/mol. The molecule has 0 bridgehead atoms. The van der Waals surface area contributed by atoms with Crippen molar-refractivity contribution in [3.63, 3.8) is 0 Å². The van der Waals surface area contributed by atoms with Crippen molar-refractivity contribution in [1.29, 1.82) is 0 Å². The Morgan fingerprint density at radius 2 is 1.58 bits per heavy atom. The highest BCUT2D eigenvalue weighted by Crippen LogP contribution is 2.42. The second kappa shape index (κ2) is 7.01. The van der Waals surface area contributed by atoms with Crippen LogP contribution in [0.2, 0.25) is 0 Å². The molecule has 128 valence electrons. The highest BCUT2D eigenvalue weighted by atomic mass is 16.5. The first-order valence-corrected chi connectivity index (χ1v) is 7.92. The molecule has 0 spiro atoms. The quantitative estimate of drug-likeness (QED) is 0.914. The van der Waals surface area contributed by atoms with Gasteiger partial charge in [-0.05, 0) is 36.2 Å². The number of nitrogens with one attached hydrogen (secondary N) is 1. The zero-order chi connectivity index (χ0) is 17.1. The fourth-order valence-electron chi connectivity index (χ4n) is 3.33. The van der Waals surface area contributed by atoms with Gasteiger partial charge in [0.05, 0.1) is 34.5 Å². The monoisotopic (exact) mass is 329 g/mol. The van der Waals surface area contributed by atoms with E-state index in [1.165, 1.54) is 11.1 Å². The van der Waals surface area contributed by atoms with Crippen LogP contribution in [0.15, 0.2) is 30.3 Å². The van der Waals surface area contributed by atoms with Crippen LogP contribution < -0.4 is 24.3 Å². The van der Waals surface area contributed by atoms with Crippen LogP contribution in [0.5, 0.6) is 23.0 Å². The first-order chi connectivity index (χ1) is 11.7. The van der Waals surface area contributed by atoms with Gasteiger partial charge in [0.15, 0.2) is 11.5 Å². The SMILES string of the molecule is COc1ccc(OC)c(C2NCCc3c2ccc(OC)c3OC)c1. The minimum absolute atomic E-state index is 0.0126. The van der Waals surface area contributed by atoms with Crippen molar-refractivity contribution in [3.05, 3.63) is 47.0 Å². The van der Waals surface area contributed by atoms with Crippen LogP contribution in [0.3, 0.4) is 0 Å². The summed E-state index contributed by atoms with van der Waals surface area (Å²) in [5.41, 5.74) is 3.39. The Bertz CT molecular complexity index is 730. The Balaban J connectivity index is 2.14. The van der Waals surface area contributed by atoms with Gasteiger partial charge in [0.2, 0.25) is 0 Å². The number of methoxy groups -OCH3 is 4. The van der Waals surface area contributed by atoms with Gasteiger partial charge >= 0.3 is 0 Å². The normalized spacial score (nSPS) is 16.2. The number of hydrogen-bond acceptors (Lipinski definition) is 5. The van der Waals surface area contributed by atoms with Crippen molar-refractivity contribution < 1.29 is 18.9 Å². The van der Waals surface area contributed by atoms with Gasteiger partial charge < -0.3 is 24.3 Å². The molecular weight excluding hydrogens is 306 g/mol. The second-order valence-electron chi connectivity index (χ2n) is 5.61. The lowest BCUT2D eigenvalue weighted by atomic mass is 9.88. The average Bonchev–Trinajstić information content (AvgIpc) is 2.65. The van der Waals surface area contributed by atoms with Crippen molar-refractivity contribution in [2.75, 3.05) is 35.0 Å². The van der Waals surface area contributed by atoms with Gasteiger partial charge in [0.1, 0.15) is 11.5 Å². The highest BCUT2D eigenvalue weighted by Gasteiger charge is 2.28. The standard InChI is InChI=1S/C19H23NO4/c1-21-12-5-7-16(22-2)15(11-12)18-13-6-8-17(23-3)19(24-4)14(13)9-10-20-18/h5-8,11,18,20H,9-10H2,1-4H3. The minimum atomic E-state index is 0.0126. The van der Waals surface area contributed by atoms with Crippen LogP contribution >= 0.6 is 0 Å². The number of rotatable bonds is 5. The molecular formula is C19H23NO4. The molecule has 0 saturated carbocycles. The van der Waals surface area contributed by atoms with Crippen LogP contribution in [0.1, 0.15) is 22.7 Å². The van der Waals surface area contributed by atoms with Crippen LogP contribution in [0.4, 0.5) is 0 Å². The number of hydrogen-bond donors (Lipinski definition) is 1. The Morgan fingerprint density at radius 1 is 0.833 bits per heavy atom. The summed E-state index contributed by atoms with van der Waals surface area (Å²) in [5.74, 6) is 3.20. The predicted octanol–water partition coefficient (Wildman–Crippen LogP) is 2.96. The van der Waals surface area contributed by atoms with E-state index in [2.05, 4.69) is 11.4 Å². The van der Waals surface area contributed by atoms with Gasteiger partial charge in [-0.15, -0.1) is 0 Å². The zero-order valence-electron chi connectivity index (χ0n) is 14.5. The van der Waals surface area contributed by atoms with Gasteiger partial charge in [-0.2, -0.15) is 0 Å². The molecule has 1 aliphatic heterocycles. The topological polar surface area (TPSA) is 49.0 Å². The zero-order valence-corrected chi connectivity index (χ0v) is 14.5. The van der Waals surface area contributed by atoms with Crippen molar-refractivity contribution in [3.8, 4) is 23.0 Å². The highest BCUT2D eigenvalue weighted by molar-refractivity contribution is 5.56. The molecule has 0 saturated heterocycles. The third kappa shape index (κ3) is 2.76. The van der Waals surface area contributed by atoms with Crippen molar-refractivity contribution >= 4 is 0 Å². The van der Waals surface area contributed by atoms with Crippen LogP contribution in [0.25, 0.3) is 0 Å². The molecule has 1 atom stereocenters. The summed E-state index contributed by atoms with van der Waals surface area (Å²) >= 11 is 0. The first kappa shape index (κ1) is 16.5. The van der Waals surface area contributed by atoms with E-state index in [4.69, 9.17) is 18.9 Å². The molecule has 5 nitrogen and oxygen atoms in total. The van der Waals surface area contributed by atoms with Crippen molar-refractivity contribution in [2.45, 2.75) is 12.5 Å². The summed E-state index contributed by atoms with van der Waals surface area (Å²) < 4.78 is 22.0. The Hall–Kier alpha value is -2.40. The van der Waals surface area contributed by atoms with E-state index in [1.807, 2.05) is 24.3 Å². The fraction of sp³-hybridized carbons (Fsp3) is 0.368. The van der Waals surface area contributed by atoms with Crippen molar-refractivity contribution in [2.24, 2.45) is 0 Å². The maximum absolute atomic E-state index is 5.61. The summed E-state index contributed by atoms with van der Waals surface area (Å²) in [6.45, 7) is 0.849. The second-order valence-corrected chi connectivity index (χ2v) is 5.61. The summed E-state index contributed by atoms with van der Waals surface area (Å²) in [6.07, 6.45) is 0.887. The largest absolute Gasteiger partial charge is 0.497 e. The van der Waals surface area contributed by atoms with Gasteiger partial charge in [0, 0.05) is 17.7 Å². The van der Waals surface area contributed by atoms with Gasteiger partial charge in [-0.25, -0.2) is 0 Å². The van der Waals surface area contributed by atoms with Gasteiger partial charge in [-0.3, -0.25) is 0 Å². The lowest BCUT2D eigenvalue weighted by Crippen LogP contribution is -2.31. The van der Waals surface area contributed by atoms with Gasteiger partial charge in [-0.1, -0.05) is 6.07 Å². The van der Waals surface area contributed by atoms with E-state index < -0.39 is 0 Å². The maximum atomic E-state index is 5.61. The predicted molar refractivity (Wildman–Crippen MR) is 92.6 cm³/mol. The third-order valence-electron chi connectivity index (χ3n) is 4.47. The van der Waals surface area contributed by atoms with E-state index in [0.717, 1.165) is 41.5 Å². The molecule has 3 rings (SSSR count). The van der Waals surface area contributed by atoms with E-state index in [-0.39, 0.29) is 6.04 Å². The molecule has 24 heavy (non-hydrogen) atoms. The molecule has 2 aromatic rings. The summed E-state index contributed by atoms with van der Waals surface area (Å²) in [7, 11) is 6.70. The molecule has 1 N–H and O–H groups in total. The van der Waals surface area contributed by atoms with Gasteiger partial charge in [0.25, 0.3) is 0 Å². The number of fused-ring (bicyclic) bond motifs is 1. The van der Waals surface area contributed by atoms with Crippen LogP contribution in [-0.4, -0.2) is 35.0 Å². The molecule has 0 amide bonds. The Kier molecular flexibility index (Phi) is 4.81. The fourth-order valence-corrected chi connectivity index (χ4v) is 3.33. The van der Waals surface area contributed by atoms with E-state index >= 15 is 0 Å². The molecule has 2 aromatic carbocycles. The number of benzene rings is 2. The minimum Gasteiger partial charge on any atom is -0.497 e. The number of ether oxygens (including phenoxy) is 4. The third-order valence-corrected chi connectivity index (χ3v) is 4.47. The lowest BCUT2D eigenvalue weighted by Gasteiger charge is -2.30. The molecule has 5 heteroatoms. The maximum Gasteiger partial charge on any atom is 0.164 e. The molecule has 0 radical (unpaired) electrons. The molecule has 1 unspecified atom stereocenters.